The van der Waals surface area contributed by atoms with E-state index >= 15 is 0 Å². The summed E-state index contributed by atoms with van der Waals surface area (Å²) >= 11 is 3.49. The third kappa shape index (κ3) is 2.96. The SMILES string of the molecule is Brc1ccc2c(NCCc3ccncc3)nccc2c1. The van der Waals surface area contributed by atoms with Crippen LogP contribution in [0.5, 0.6) is 0 Å². The first-order valence-electron chi connectivity index (χ1n) is 6.50. The van der Waals surface area contributed by atoms with E-state index in [-0.39, 0.29) is 0 Å². The van der Waals surface area contributed by atoms with Gasteiger partial charge in [-0.1, -0.05) is 15.9 Å². The lowest BCUT2D eigenvalue weighted by atomic mass is 10.1. The van der Waals surface area contributed by atoms with Crippen molar-refractivity contribution in [3.8, 4) is 0 Å². The number of benzene rings is 1. The highest BCUT2D eigenvalue weighted by molar-refractivity contribution is 9.10. The Morgan fingerprint density at radius 2 is 1.85 bits per heavy atom. The molecule has 3 nitrogen and oxygen atoms in total. The molecule has 0 fully saturated rings. The van der Waals surface area contributed by atoms with Crippen LogP contribution in [0.2, 0.25) is 0 Å². The lowest BCUT2D eigenvalue weighted by Gasteiger charge is -2.09. The van der Waals surface area contributed by atoms with Crippen molar-refractivity contribution in [2.75, 3.05) is 11.9 Å². The smallest absolute Gasteiger partial charge is 0.133 e. The maximum absolute atomic E-state index is 4.43. The number of rotatable bonds is 4. The van der Waals surface area contributed by atoms with Gasteiger partial charge in [-0.15, -0.1) is 0 Å². The summed E-state index contributed by atoms with van der Waals surface area (Å²) in [5.74, 6) is 0.934. The van der Waals surface area contributed by atoms with E-state index in [2.05, 4.69) is 43.3 Å². The van der Waals surface area contributed by atoms with Gasteiger partial charge in [-0.3, -0.25) is 4.98 Å². The van der Waals surface area contributed by atoms with E-state index in [1.165, 1.54) is 10.9 Å². The molecular weight excluding hydrogens is 314 g/mol. The Balaban J connectivity index is 1.74. The first-order valence-corrected chi connectivity index (χ1v) is 7.29. The average molecular weight is 328 g/mol. The van der Waals surface area contributed by atoms with E-state index in [4.69, 9.17) is 0 Å². The number of anilines is 1. The molecule has 0 spiro atoms. The molecule has 0 bridgehead atoms. The molecule has 20 heavy (non-hydrogen) atoms. The molecule has 4 heteroatoms. The van der Waals surface area contributed by atoms with Gasteiger partial charge in [0.1, 0.15) is 5.82 Å². The molecule has 0 radical (unpaired) electrons. The fourth-order valence-corrected chi connectivity index (χ4v) is 2.54. The van der Waals surface area contributed by atoms with Crippen molar-refractivity contribution in [3.05, 3.63) is 65.0 Å². The van der Waals surface area contributed by atoms with E-state index in [9.17, 15) is 0 Å². The summed E-state index contributed by atoms with van der Waals surface area (Å²) in [5.41, 5.74) is 1.27. The summed E-state index contributed by atoms with van der Waals surface area (Å²) in [4.78, 5) is 8.45. The van der Waals surface area contributed by atoms with Crippen LogP contribution in [0.3, 0.4) is 0 Å². The number of halogens is 1. The van der Waals surface area contributed by atoms with Crippen molar-refractivity contribution < 1.29 is 0 Å². The van der Waals surface area contributed by atoms with Gasteiger partial charge in [0.2, 0.25) is 0 Å². The summed E-state index contributed by atoms with van der Waals surface area (Å²) in [7, 11) is 0. The van der Waals surface area contributed by atoms with Crippen LogP contribution in [0.1, 0.15) is 5.56 Å². The maximum Gasteiger partial charge on any atom is 0.133 e. The highest BCUT2D eigenvalue weighted by atomic mass is 79.9. The van der Waals surface area contributed by atoms with Crippen molar-refractivity contribution in [2.45, 2.75) is 6.42 Å². The Kier molecular flexibility index (Phi) is 3.92. The Morgan fingerprint density at radius 3 is 2.70 bits per heavy atom. The molecule has 3 aromatic rings. The third-order valence-corrected chi connectivity index (χ3v) is 3.68. The summed E-state index contributed by atoms with van der Waals surface area (Å²) < 4.78 is 1.08. The Hall–Kier alpha value is -1.94. The zero-order valence-corrected chi connectivity index (χ0v) is 12.5. The van der Waals surface area contributed by atoms with Crippen LogP contribution in [0, 0.1) is 0 Å². The van der Waals surface area contributed by atoms with E-state index in [0.29, 0.717) is 0 Å². The number of pyridine rings is 2. The molecule has 3 rings (SSSR count). The highest BCUT2D eigenvalue weighted by Gasteiger charge is 2.02. The monoisotopic (exact) mass is 327 g/mol. The summed E-state index contributed by atoms with van der Waals surface area (Å²) in [6.45, 7) is 0.853. The molecule has 0 aliphatic heterocycles. The largest absolute Gasteiger partial charge is 0.369 e. The van der Waals surface area contributed by atoms with Crippen LogP contribution >= 0.6 is 15.9 Å². The van der Waals surface area contributed by atoms with Crippen LogP contribution in [-0.2, 0) is 6.42 Å². The zero-order chi connectivity index (χ0) is 13.8. The van der Waals surface area contributed by atoms with Crippen LogP contribution < -0.4 is 5.32 Å². The second-order valence-corrected chi connectivity index (χ2v) is 5.47. The Bertz CT molecular complexity index is 713. The molecular formula is C16H14BrN3. The summed E-state index contributed by atoms with van der Waals surface area (Å²) in [5, 5.41) is 5.73. The van der Waals surface area contributed by atoms with Crippen LogP contribution in [0.15, 0.2) is 59.5 Å². The fraction of sp³-hybridized carbons (Fsp3) is 0.125. The lowest BCUT2D eigenvalue weighted by molar-refractivity contribution is 1.00. The molecule has 1 N–H and O–H groups in total. The van der Waals surface area contributed by atoms with Crippen LogP contribution in [0.25, 0.3) is 10.8 Å². The first-order chi connectivity index (χ1) is 9.83. The molecule has 2 heterocycles. The van der Waals surface area contributed by atoms with Gasteiger partial charge in [0, 0.05) is 35.0 Å². The number of hydrogen-bond donors (Lipinski definition) is 1. The van der Waals surface area contributed by atoms with Crippen LogP contribution in [0.4, 0.5) is 5.82 Å². The number of nitrogens with one attached hydrogen (secondary N) is 1. The van der Waals surface area contributed by atoms with Crippen LogP contribution in [-0.4, -0.2) is 16.5 Å². The van der Waals surface area contributed by atoms with E-state index < -0.39 is 0 Å². The molecule has 0 unspecified atom stereocenters. The minimum Gasteiger partial charge on any atom is -0.369 e. The average Bonchev–Trinajstić information content (AvgIpc) is 2.48. The molecule has 100 valence electrons. The van der Waals surface area contributed by atoms with Crippen molar-refractivity contribution in [1.29, 1.82) is 0 Å². The zero-order valence-electron chi connectivity index (χ0n) is 10.9. The van der Waals surface area contributed by atoms with Crippen molar-refractivity contribution in [3.63, 3.8) is 0 Å². The highest BCUT2D eigenvalue weighted by Crippen LogP contribution is 2.24. The molecule has 0 amide bonds. The van der Waals surface area contributed by atoms with Gasteiger partial charge in [-0.25, -0.2) is 4.98 Å². The number of aromatic nitrogens is 2. The minimum atomic E-state index is 0.853. The van der Waals surface area contributed by atoms with E-state index in [1.54, 1.807) is 0 Å². The Morgan fingerprint density at radius 1 is 1.00 bits per heavy atom. The molecule has 0 aliphatic rings. The molecule has 1 aromatic carbocycles. The normalized spacial score (nSPS) is 10.7. The van der Waals surface area contributed by atoms with Gasteiger partial charge in [0.05, 0.1) is 0 Å². The molecule has 2 aromatic heterocycles. The summed E-state index contributed by atoms with van der Waals surface area (Å²) in [6, 6.07) is 12.3. The van der Waals surface area contributed by atoms with Crippen molar-refractivity contribution in [2.24, 2.45) is 0 Å². The number of nitrogens with zero attached hydrogens (tertiary/aromatic N) is 2. The lowest BCUT2D eigenvalue weighted by Crippen LogP contribution is -2.06. The minimum absolute atomic E-state index is 0.853. The third-order valence-electron chi connectivity index (χ3n) is 3.18. The second kappa shape index (κ2) is 6.01. The Labute approximate surface area is 126 Å². The van der Waals surface area contributed by atoms with Gasteiger partial charge in [0.25, 0.3) is 0 Å². The van der Waals surface area contributed by atoms with Gasteiger partial charge < -0.3 is 5.32 Å². The maximum atomic E-state index is 4.43. The quantitative estimate of drug-likeness (QED) is 0.785. The predicted octanol–water partition coefficient (Wildman–Crippen LogP) is 4.05. The second-order valence-electron chi connectivity index (χ2n) is 4.56. The fourth-order valence-electron chi connectivity index (χ4n) is 2.16. The molecule has 0 atom stereocenters. The predicted molar refractivity (Wildman–Crippen MR) is 85.9 cm³/mol. The van der Waals surface area contributed by atoms with Gasteiger partial charge in [0.15, 0.2) is 0 Å². The summed E-state index contributed by atoms with van der Waals surface area (Å²) in [6.07, 6.45) is 6.44. The van der Waals surface area contributed by atoms with Crippen molar-refractivity contribution in [1.82, 2.24) is 9.97 Å². The van der Waals surface area contributed by atoms with Crippen molar-refractivity contribution >= 4 is 32.5 Å². The number of hydrogen-bond acceptors (Lipinski definition) is 3. The van der Waals surface area contributed by atoms with Gasteiger partial charge >= 0.3 is 0 Å². The van der Waals surface area contributed by atoms with E-state index in [1.807, 2.05) is 42.9 Å². The first kappa shape index (κ1) is 13.1. The molecule has 0 aliphatic carbocycles. The van der Waals surface area contributed by atoms with E-state index in [0.717, 1.165) is 28.6 Å². The van der Waals surface area contributed by atoms with Gasteiger partial charge in [-0.2, -0.15) is 0 Å². The topological polar surface area (TPSA) is 37.8 Å². The van der Waals surface area contributed by atoms with Gasteiger partial charge in [-0.05, 0) is 53.8 Å². The number of fused-ring (bicyclic) bond motifs is 1. The molecule has 0 saturated heterocycles. The molecule has 0 saturated carbocycles. The standard InChI is InChI=1S/C16H14BrN3/c17-14-1-2-15-13(11-14)6-10-20-16(15)19-9-5-12-3-7-18-8-4-12/h1-4,6-8,10-11H,5,9H2,(H,19,20).